The Morgan fingerprint density at radius 3 is 2.52 bits per heavy atom. The molecule has 0 aliphatic rings. The van der Waals surface area contributed by atoms with Crippen LogP contribution >= 0.6 is 0 Å². The standard InChI is InChI=1S/C21H13F3N4O/c22-14-6-7-15(19(24)18(14)23)28-21(29)17-11-13(8-10-25-17)27-16-5-1-3-12-4-2-9-26-20(12)16/h1-11H,(H,25,27)(H,28,29). The SMILES string of the molecule is O=C(Nc1ccc(F)c(F)c1F)c1cc(Nc2cccc3cccnc23)ccn1. The van der Waals surface area contributed by atoms with Crippen LogP contribution in [0.2, 0.25) is 0 Å². The molecule has 0 aliphatic heterocycles. The van der Waals surface area contributed by atoms with E-state index in [0.29, 0.717) is 5.69 Å². The zero-order chi connectivity index (χ0) is 20.4. The molecule has 8 heteroatoms. The maximum absolute atomic E-state index is 13.8. The molecule has 4 aromatic rings. The third-order valence-electron chi connectivity index (χ3n) is 4.19. The van der Waals surface area contributed by atoms with Crippen LogP contribution in [0.15, 0.2) is 67.0 Å². The summed E-state index contributed by atoms with van der Waals surface area (Å²) < 4.78 is 40.2. The molecule has 4 rings (SSSR count). The number of halogens is 3. The van der Waals surface area contributed by atoms with E-state index in [2.05, 4.69) is 20.6 Å². The maximum Gasteiger partial charge on any atom is 0.274 e. The number of hydrogen-bond acceptors (Lipinski definition) is 4. The van der Waals surface area contributed by atoms with E-state index in [1.54, 1.807) is 12.3 Å². The summed E-state index contributed by atoms with van der Waals surface area (Å²) >= 11 is 0. The lowest BCUT2D eigenvalue weighted by Gasteiger charge is -2.11. The van der Waals surface area contributed by atoms with Crippen molar-refractivity contribution >= 4 is 33.9 Å². The number of para-hydroxylation sites is 1. The van der Waals surface area contributed by atoms with Crippen molar-refractivity contribution < 1.29 is 18.0 Å². The number of aromatic nitrogens is 2. The summed E-state index contributed by atoms with van der Waals surface area (Å²) in [7, 11) is 0. The van der Waals surface area contributed by atoms with Gasteiger partial charge in [-0.15, -0.1) is 0 Å². The second-order valence-corrected chi connectivity index (χ2v) is 6.11. The number of anilines is 3. The van der Waals surface area contributed by atoms with Crippen LogP contribution in [0.4, 0.5) is 30.2 Å². The molecule has 0 aliphatic carbocycles. The summed E-state index contributed by atoms with van der Waals surface area (Å²) in [5.74, 6) is -5.24. The van der Waals surface area contributed by atoms with E-state index in [0.717, 1.165) is 28.7 Å². The average molecular weight is 394 g/mol. The van der Waals surface area contributed by atoms with E-state index in [4.69, 9.17) is 0 Å². The van der Waals surface area contributed by atoms with Crippen LogP contribution < -0.4 is 10.6 Å². The number of nitrogens with zero attached hydrogens (tertiary/aromatic N) is 2. The highest BCUT2D eigenvalue weighted by Crippen LogP contribution is 2.25. The van der Waals surface area contributed by atoms with Gasteiger partial charge in [0.25, 0.3) is 5.91 Å². The number of rotatable bonds is 4. The van der Waals surface area contributed by atoms with E-state index >= 15 is 0 Å². The minimum Gasteiger partial charge on any atom is -0.354 e. The predicted octanol–water partition coefficient (Wildman–Crippen LogP) is 5.04. The first-order valence-electron chi connectivity index (χ1n) is 8.54. The number of pyridine rings is 2. The first kappa shape index (κ1) is 18.4. The molecule has 1 amide bonds. The molecule has 0 bridgehead atoms. The summed E-state index contributed by atoms with van der Waals surface area (Å²) in [4.78, 5) is 20.7. The molecule has 0 saturated carbocycles. The van der Waals surface area contributed by atoms with Crippen LogP contribution in [0.3, 0.4) is 0 Å². The highest BCUT2D eigenvalue weighted by atomic mass is 19.2. The Bertz CT molecular complexity index is 1220. The van der Waals surface area contributed by atoms with Crippen LogP contribution in [0.5, 0.6) is 0 Å². The second kappa shape index (κ2) is 7.59. The number of amides is 1. The molecule has 5 nitrogen and oxygen atoms in total. The van der Waals surface area contributed by atoms with Gasteiger partial charge < -0.3 is 10.6 Å². The Morgan fingerprint density at radius 2 is 1.66 bits per heavy atom. The van der Waals surface area contributed by atoms with Gasteiger partial charge in [-0.2, -0.15) is 0 Å². The van der Waals surface area contributed by atoms with E-state index in [1.165, 1.54) is 12.3 Å². The zero-order valence-electron chi connectivity index (χ0n) is 14.8. The quantitative estimate of drug-likeness (QED) is 0.476. The van der Waals surface area contributed by atoms with Gasteiger partial charge in [0.05, 0.1) is 16.9 Å². The van der Waals surface area contributed by atoms with Gasteiger partial charge >= 0.3 is 0 Å². The summed E-state index contributed by atoms with van der Waals surface area (Å²) in [6.45, 7) is 0. The molecule has 0 unspecified atom stereocenters. The number of fused-ring (bicyclic) bond motifs is 1. The Labute approximate surface area is 163 Å². The fourth-order valence-corrected chi connectivity index (χ4v) is 2.80. The van der Waals surface area contributed by atoms with Crippen LogP contribution in [0.25, 0.3) is 10.9 Å². The number of benzene rings is 2. The highest BCUT2D eigenvalue weighted by molar-refractivity contribution is 6.03. The molecule has 0 fully saturated rings. The van der Waals surface area contributed by atoms with Crippen molar-refractivity contribution in [2.24, 2.45) is 0 Å². The molecule has 144 valence electrons. The number of carbonyl (C=O) groups is 1. The minimum atomic E-state index is -1.66. The Kier molecular flexibility index (Phi) is 4.82. The van der Waals surface area contributed by atoms with Gasteiger partial charge in [-0.1, -0.05) is 18.2 Å². The molecule has 0 saturated heterocycles. The van der Waals surface area contributed by atoms with E-state index < -0.39 is 29.0 Å². The smallest absolute Gasteiger partial charge is 0.274 e. The molecule has 2 N–H and O–H groups in total. The fourth-order valence-electron chi connectivity index (χ4n) is 2.80. The first-order chi connectivity index (χ1) is 14.0. The molecule has 2 aromatic carbocycles. The highest BCUT2D eigenvalue weighted by Gasteiger charge is 2.17. The van der Waals surface area contributed by atoms with Crippen molar-refractivity contribution in [3.63, 3.8) is 0 Å². The molecule has 2 aromatic heterocycles. The van der Waals surface area contributed by atoms with Crippen molar-refractivity contribution in [3.05, 3.63) is 90.1 Å². The zero-order valence-corrected chi connectivity index (χ0v) is 14.8. The van der Waals surface area contributed by atoms with Crippen LogP contribution in [0.1, 0.15) is 10.5 Å². The number of hydrogen-bond donors (Lipinski definition) is 2. The molecule has 29 heavy (non-hydrogen) atoms. The summed E-state index contributed by atoms with van der Waals surface area (Å²) in [5, 5.41) is 6.30. The van der Waals surface area contributed by atoms with Gasteiger partial charge in [0, 0.05) is 23.5 Å². The van der Waals surface area contributed by atoms with Crippen LogP contribution in [0, 0.1) is 17.5 Å². The van der Waals surface area contributed by atoms with Gasteiger partial charge in [0.15, 0.2) is 17.5 Å². The topological polar surface area (TPSA) is 66.9 Å². The first-order valence-corrected chi connectivity index (χ1v) is 8.54. The van der Waals surface area contributed by atoms with Crippen LogP contribution in [-0.2, 0) is 0 Å². The van der Waals surface area contributed by atoms with Crippen molar-refractivity contribution in [2.45, 2.75) is 0 Å². The van der Waals surface area contributed by atoms with Gasteiger partial charge in [-0.3, -0.25) is 14.8 Å². The van der Waals surface area contributed by atoms with Gasteiger partial charge in [-0.25, -0.2) is 13.2 Å². The lowest BCUT2D eigenvalue weighted by Crippen LogP contribution is -2.15. The lowest BCUT2D eigenvalue weighted by atomic mass is 10.2. The predicted molar refractivity (Wildman–Crippen MR) is 104 cm³/mol. The fraction of sp³-hybridized carbons (Fsp3) is 0. The van der Waals surface area contributed by atoms with Gasteiger partial charge in [-0.05, 0) is 36.4 Å². The Morgan fingerprint density at radius 1 is 0.828 bits per heavy atom. The molecule has 0 atom stereocenters. The van der Waals surface area contributed by atoms with Gasteiger partial charge in [0.1, 0.15) is 5.69 Å². The van der Waals surface area contributed by atoms with Gasteiger partial charge in [0.2, 0.25) is 0 Å². The van der Waals surface area contributed by atoms with Crippen molar-refractivity contribution in [1.82, 2.24) is 9.97 Å². The molecule has 0 spiro atoms. The third kappa shape index (κ3) is 3.73. The normalized spacial score (nSPS) is 10.7. The second-order valence-electron chi connectivity index (χ2n) is 6.11. The monoisotopic (exact) mass is 394 g/mol. The average Bonchev–Trinajstić information content (AvgIpc) is 2.74. The van der Waals surface area contributed by atoms with Crippen molar-refractivity contribution in [2.75, 3.05) is 10.6 Å². The largest absolute Gasteiger partial charge is 0.354 e. The third-order valence-corrected chi connectivity index (χ3v) is 4.19. The van der Waals surface area contributed by atoms with E-state index in [-0.39, 0.29) is 5.69 Å². The minimum absolute atomic E-state index is 0.0349. The maximum atomic E-state index is 13.8. The van der Waals surface area contributed by atoms with E-state index in [1.807, 2.05) is 30.3 Å². The van der Waals surface area contributed by atoms with Crippen molar-refractivity contribution in [3.8, 4) is 0 Å². The molecule has 0 radical (unpaired) electrons. The number of nitrogens with one attached hydrogen (secondary N) is 2. The molecular weight excluding hydrogens is 381 g/mol. The lowest BCUT2D eigenvalue weighted by molar-refractivity contribution is 0.102. The molecular formula is C21H13F3N4O. The Balaban J connectivity index is 1.59. The van der Waals surface area contributed by atoms with Crippen molar-refractivity contribution in [1.29, 1.82) is 0 Å². The summed E-state index contributed by atoms with van der Waals surface area (Å²) in [5.41, 5.74) is 1.52. The number of carbonyl (C=O) groups excluding carboxylic acids is 1. The summed E-state index contributed by atoms with van der Waals surface area (Å²) in [6.07, 6.45) is 3.08. The summed E-state index contributed by atoms with van der Waals surface area (Å²) in [6, 6.07) is 14.2. The van der Waals surface area contributed by atoms with Crippen LogP contribution in [-0.4, -0.2) is 15.9 Å². The molecule has 2 heterocycles. The van der Waals surface area contributed by atoms with E-state index in [9.17, 15) is 18.0 Å². The Hall–Kier alpha value is -3.94.